The SMILES string of the molecule is O=C(c1ccc(=O)[nH]c1)N1CC[C@@]23C(=O)N(Cc4cn(nn4)CCCOc4cccc(c4)[C@H]12)c1ccccc13. The number of rotatable bonds is 1. The van der Waals surface area contributed by atoms with Gasteiger partial charge in [-0.25, -0.2) is 0 Å². The summed E-state index contributed by atoms with van der Waals surface area (Å²) in [6.07, 6.45) is 4.50. The van der Waals surface area contributed by atoms with Gasteiger partial charge < -0.3 is 19.5 Å². The second kappa shape index (κ2) is 8.93. The van der Waals surface area contributed by atoms with Crippen LogP contribution in [0.25, 0.3) is 0 Å². The Hall–Kier alpha value is -4.73. The van der Waals surface area contributed by atoms with Gasteiger partial charge in [0.15, 0.2) is 0 Å². The van der Waals surface area contributed by atoms with Crippen molar-refractivity contribution < 1.29 is 14.3 Å². The molecule has 1 saturated heterocycles. The number of benzene rings is 2. The minimum Gasteiger partial charge on any atom is -0.494 e. The summed E-state index contributed by atoms with van der Waals surface area (Å²) >= 11 is 0. The molecule has 7 rings (SSSR count). The van der Waals surface area contributed by atoms with Crippen molar-refractivity contribution in [3.8, 4) is 5.75 Å². The fourth-order valence-corrected chi connectivity index (χ4v) is 6.31. The van der Waals surface area contributed by atoms with E-state index in [9.17, 15) is 14.4 Å². The summed E-state index contributed by atoms with van der Waals surface area (Å²) in [5, 5.41) is 8.58. The van der Waals surface area contributed by atoms with Crippen molar-refractivity contribution in [3.63, 3.8) is 0 Å². The smallest absolute Gasteiger partial charge is 0.255 e. The average Bonchev–Trinajstić information content (AvgIpc) is 3.64. The van der Waals surface area contributed by atoms with Gasteiger partial charge in [-0.2, -0.15) is 0 Å². The summed E-state index contributed by atoms with van der Waals surface area (Å²) in [5.74, 6) is 0.362. The number of amides is 2. The van der Waals surface area contributed by atoms with Gasteiger partial charge in [0.2, 0.25) is 11.5 Å². The van der Waals surface area contributed by atoms with Crippen molar-refractivity contribution in [1.29, 1.82) is 0 Å². The molecule has 39 heavy (non-hydrogen) atoms. The van der Waals surface area contributed by atoms with Crippen LogP contribution >= 0.6 is 0 Å². The summed E-state index contributed by atoms with van der Waals surface area (Å²) in [6, 6.07) is 17.8. The second-order valence-electron chi connectivity index (χ2n) is 10.2. The number of nitrogens with one attached hydrogen (secondary N) is 1. The number of likely N-dealkylation sites (tertiary alicyclic amines) is 1. The van der Waals surface area contributed by atoms with Gasteiger partial charge in [-0.05, 0) is 41.8 Å². The molecule has 4 aromatic rings. The van der Waals surface area contributed by atoms with E-state index < -0.39 is 11.5 Å². The van der Waals surface area contributed by atoms with Crippen LogP contribution in [0.15, 0.2) is 77.9 Å². The maximum Gasteiger partial charge on any atom is 0.255 e. The topological polar surface area (TPSA) is 113 Å². The molecule has 6 bridgehead atoms. The number of anilines is 1. The lowest BCUT2D eigenvalue weighted by atomic mass is 9.72. The third-order valence-corrected chi connectivity index (χ3v) is 8.00. The molecule has 5 heterocycles. The molecule has 1 spiro atoms. The van der Waals surface area contributed by atoms with E-state index >= 15 is 0 Å². The fourth-order valence-electron chi connectivity index (χ4n) is 6.31. The number of hydrogen-bond acceptors (Lipinski definition) is 6. The van der Waals surface area contributed by atoms with Crippen molar-refractivity contribution in [2.24, 2.45) is 0 Å². The van der Waals surface area contributed by atoms with E-state index in [1.165, 1.54) is 18.3 Å². The van der Waals surface area contributed by atoms with Crippen LogP contribution in [0.3, 0.4) is 0 Å². The quantitative estimate of drug-likeness (QED) is 0.411. The largest absolute Gasteiger partial charge is 0.494 e. The first-order chi connectivity index (χ1) is 19.0. The van der Waals surface area contributed by atoms with Gasteiger partial charge >= 0.3 is 0 Å². The summed E-state index contributed by atoms with van der Waals surface area (Å²) < 4.78 is 7.86. The number of nitrogens with zero attached hydrogens (tertiary/aromatic N) is 5. The van der Waals surface area contributed by atoms with Gasteiger partial charge in [0, 0.05) is 37.5 Å². The summed E-state index contributed by atoms with van der Waals surface area (Å²) in [5.41, 5.74) is 2.32. The molecule has 10 nitrogen and oxygen atoms in total. The van der Waals surface area contributed by atoms with Crippen molar-refractivity contribution in [2.75, 3.05) is 18.1 Å². The molecule has 10 heteroatoms. The van der Waals surface area contributed by atoms with Crippen molar-refractivity contribution in [3.05, 3.63) is 106 Å². The Morgan fingerprint density at radius 2 is 1.95 bits per heavy atom. The molecular weight excluding hydrogens is 496 g/mol. The molecule has 1 fully saturated rings. The Bertz CT molecular complexity index is 1640. The predicted octanol–water partition coefficient (Wildman–Crippen LogP) is 2.82. The third kappa shape index (κ3) is 3.66. The van der Waals surface area contributed by atoms with E-state index in [1.54, 1.807) is 14.5 Å². The van der Waals surface area contributed by atoms with Crippen LogP contribution in [0, 0.1) is 0 Å². The first-order valence-electron chi connectivity index (χ1n) is 13.1. The number of carbonyl (C=O) groups excluding carboxylic acids is 2. The highest BCUT2D eigenvalue weighted by molar-refractivity contribution is 6.10. The zero-order valence-electron chi connectivity index (χ0n) is 21.1. The van der Waals surface area contributed by atoms with Crippen LogP contribution in [-0.4, -0.2) is 49.8 Å². The third-order valence-electron chi connectivity index (χ3n) is 8.00. The number of H-pyrrole nitrogens is 1. The van der Waals surface area contributed by atoms with Gasteiger partial charge in [0.1, 0.15) is 16.9 Å². The molecule has 2 atom stereocenters. The van der Waals surface area contributed by atoms with Crippen LogP contribution in [0.5, 0.6) is 5.75 Å². The monoisotopic (exact) mass is 522 g/mol. The van der Waals surface area contributed by atoms with Crippen LogP contribution in [0.2, 0.25) is 0 Å². The molecule has 0 saturated carbocycles. The Morgan fingerprint density at radius 1 is 1.05 bits per heavy atom. The fraction of sp³-hybridized carbons (Fsp3) is 0.276. The normalized spacial score (nSPS) is 21.9. The van der Waals surface area contributed by atoms with E-state index in [1.807, 2.05) is 54.7 Å². The molecular formula is C29H26N6O4. The summed E-state index contributed by atoms with van der Waals surface area (Å²) in [6.45, 7) is 1.79. The number of aromatic nitrogens is 4. The number of para-hydroxylation sites is 1. The molecule has 0 unspecified atom stereocenters. The Balaban J connectivity index is 1.42. The predicted molar refractivity (Wildman–Crippen MR) is 141 cm³/mol. The Kier molecular flexibility index (Phi) is 5.36. The molecule has 1 N–H and O–H groups in total. The Labute approximate surface area is 223 Å². The van der Waals surface area contributed by atoms with E-state index in [2.05, 4.69) is 15.3 Å². The van der Waals surface area contributed by atoms with E-state index in [0.29, 0.717) is 43.1 Å². The minimum atomic E-state index is -0.997. The van der Waals surface area contributed by atoms with E-state index in [4.69, 9.17) is 4.74 Å². The van der Waals surface area contributed by atoms with E-state index in [-0.39, 0.29) is 23.9 Å². The Morgan fingerprint density at radius 3 is 2.82 bits per heavy atom. The van der Waals surface area contributed by atoms with Crippen LogP contribution in [0.1, 0.15) is 46.1 Å². The zero-order valence-corrected chi connectivity index (χ0v) is 21.1. The summed E-state index contributed by atoms with van der Waals surface area (Å²) in [7, 11) is 0. The number of hydrogen-bond donors (Lipinski definition) is 1. The van der Waals surface area contributed by atoms with Crippen LogP contribution in [0.4, 0.5) is 5.69 Å². The highest BCUT2D eigenvalue weighted by Gasteiger charge is 2.61. The lowest BCUT2D eigenvalue weighted by molar-refractivity contribution is -0.124. The van der Waals surface area contributed by atoms with Crippen molar-refractivity contribution in [2.45, 2.75) is 37.4 Å². The van der Waals surface area contributed by atoms with Crippen molar-refractivity contribution >= 4 is 17.5 Å². The number of pyridine rings is 1. The van der Waals surface area contributed by atoms with Crippen LogP contribution in [-0.2, 0) is 23.3 Å². The zero-order chi connectivity index (χ0) is 26.6. The number of aryl methyl sites for hydroxylation is 1. The standard InChI is InChI=1S/C29H26N6O4/c36-25-10-9-20(16-30-25)27(37)34-13-11-29-23-7-1-2-8-24(23)35(28(29)38)18-21-17-33(32-31-21)12-4-14-39-22-6-3-5-19(15-22)26(29)34/h1-3,5-10,15-17,26H,4,11-14,18H2,(H,30,36)/t26-,29-/m0/s1. The summed E-state index contributed by atoms with van der Waals surface area (Å²) in [4.78, 5) is 46.4. The molecule has 0 radical (unpaired) electrons. The molecule has 196 valence electrons. The van der Waals surface area contributed by atoms with Gasteiger partial charge in [-0.15, -0.1) is 5.10 Å². The number of ether oxygens (including phenoxy) is 1. The highest BCUT2D eigenvalue weighted by Crippen LogP contribution is 2.57. The van der Waals surface area contributed by atoms with Crippen molar-refractivity contribution in [1.82, 2.24) is 24.9 Å². The maximum absolute atomic E-state index is 14.6. The van der Waals surface area contributed by atoms with Gasteiger partial charge in [0.25, 0.3) is 5.91 Å². The molecule has 2 aromatic carbocycles. The molecule has 2 aromatic heterocycles. The molecule has 0 aliphatic carbocycles. The lowest BCUT2D eigenvalue weighted by Crippen LogP contribution is -2.45. The second-order valence-corrected chi connectivity index (χ2v) is 10.2. The first kappa shape index (κ1) is 23.4. The number of aromatic amines is 1. The minimum absolute atomic E-state index is 0.0683. The maximum atomic E-state index is 14.6. The molecule has 2 amide bonds. The first-order valence-corrected chi connectivity index (χ1v) is 13.1. The van der Waals surface area contributed by atoms with E-state index in [0.717, 1.165) is 23.2 Å². The van der Waals surface area contributed by atoms with Gasteiger partial charge in [0.05, 0.1) is 31.0 Å². The highest BCUT2D eigenvalue weighted by atomic mass is 16.5. The molecule has 3 aliphatic rings. The number of fused-ring (bicyclic) bond motifs is 8. The van der Waals surface area contributed by atoms with Gasteiger partial charge in [-0.3, -0.25) is 19.1 Å². The lowest BCUT2D eigenvalue weighted by Gasteiger charge is -2.35. The van der Waals surface area contributed by atoms with Crippen LogP contribution < -0.4 is 15.2 Å². The molecule has 3 aliphatic heterocycles. The average molecular weight is 523 g/mol. The van der Waals surface area contributed by atoms with Gasteiger partial charge in [-0.1, -0.05) is 35.5 Å². The number of carbonyl (C=O) groups is 2.